The Labute approximate surface area is 107 Å². The lowest BCUT2D eigenvalue weighted by atomic mass is 9.83. The Morgan fingerprint density at radius 1 is 1.39 bits per heavy atom. The zero-order chi connectivity index (χ0) is 13.0. The van der Waals surface area contributed by atoms with Gasteiger partial charge in [-0.3, -0.25) is 0 Å². The molecule has 96 valence electrons. The van der Waals surface area contributed by atoms with Crippen molar-refractivity contribution in [1.29, 1.82) is 5.26 Å². The van der Waals surface area contributed by atoms with Crippen molar-refractivity contribution in [3.05, 3.63) is 17.5 Å². The number of nitrogens with zero attached hydrogens (tertiary/aromatic N) is 3. The van der Waals surface area contributed by atoms with Crippen molar-refractivity contribution in [2.45, 2.75) is 44.6 Å². The lowest BCUT2D eigenvalue weighted by Gasteiger charge is -2.32. The van der Waals surface area contributed by atoms with Crippen molar-refractivity contribution in [1.82, 2.24) is 9.97 Å². The van der Waals surface area contributed by atoms with Gasteiger partial charge in [-0.05, 0) is 25.8 Å². The smallest absolute Gasteiger partial charge is 0.317 e. The second-order valence-corrected chi connectivity index (χ2v) is 5.00. The second kappa shape index (κ2) is 5.32. The molecule has 0 saturated heterocycles. The molecule has 0 aromatic carbocycles. The van der Waals surface area contributed by atoms with Gasteiger partial charge in [-0.2, -0.15) is 10.2 Å². The summed E-state index contributed by atoms with van der Waals surface area (Å²) >= 11 is 0. The minimum Gasteiger partial charge on any atom is -0.461 e. The van der Waals surface area contributed by atoms with Crippen LogP contribution in [0.2, 0.25) is 0 Å². The lowest BCUT2D eigenvalue weighted by Crippen LogP contribution is -2.47. The fourth-order valence-electron chi connectivity index (χ4n) is 2.27. The lowest BCUT2D eigenvalue weighted by molar-refractivity contribution is 0.163. The van der Waals surface area contributed by atoms with Gasteiger partial charge in [-0.25, -0.2) is 4.98 Å². The van der Waals surface area contributed by atoms with E-state index in [0.29, 0.717) is 12.3 Å². The van der Waals surface area contributed by atoms with Crippen LogP contribution in [0.1, 0.15) is 43.5 Å². The van der Waals surface area contributed by atoms with Gasteiger partial charge >= 0.3 is 6.01 Å². The first-order valence-electron chi connectivity index (χ1n) is 6.29. The van der Waals surface area contributed by atoms with Crippen LogP contribution in [0, 0.1) is 18.3 Å². The summed E-state index contributed by atoms with van der Waals surface area (Å²) < 4.78 is 5.57. The molecule has 5 nitrogen and oxygen atoms in total. The van der Waals surface area contributed by atoms with E-state index >= 15 is 0 Å². The first-order valence-corrected chi connectivity index (χ1v) is 6.29. The van der Waals surface area contributed by atoms with E-state index in [1.54, 1.807) is 6.07 Å². The van der Waals surface area contributed by atoms with Crippen molar-refractivity contribution < 1.29 is 4.74 Å². The van der Waals surface area contributed by atoms with Crippen LogP contribution in [0.3, 0.4) is 0 Å². The third-order valence-electron chi connectivity index (χ3n) is 3.29. The Morgan fingerprint density at radius 2 is 2.11 bits per heavy atom. The fourth-order valence-corrected chi connectivity index (χ4v) is 2.27. The summed E-state index contributed by atoms with van der Waals surface area (Å²) in [5.74, 6) is 0. The van der Waals surface area contributed by atoms with E-state index in [9.17, 15) is 0 Å². The van der Waals surface area contributed by atoms with E-state index in [4.69, 9.17) is 15.7 Å². The Balaban J connectivity index is 2.01. The Hall–Kier alpha value is -1.67. The highest BCUT2D eigenvalue weighted by molar-refractivity contribution is 5.23. The van der Waals surface area contributed by atoms with Crippen LogP contribution in [-0.4, -0.2) is 22.1 Å². The molecule has 0 spiro atoms. The van der Waals surface area contributed by atoms with Gasteiger partial charge in [0.25, 0.3) is 0 Å². The highest BCUT2D eigenvalue weighted by atomic mass is 16.5. The molecule has 1 fully saturated rings. The van der Waals surface area contributed by atoms with E-state index in [1.165, 1.54) is 6.42 Å². The first kappa shape index (κ1) is 12.8. The Bertz CT molecular complexity index is 461. The van der Waals surface area contributed by atoms with Gasteiger partial charge < -0.3 is 10.5 Å². The SMILES string of the molecule is Cc1cc(C#N)nc(OCC2(N)CCCCC2)n1. The van der Waals surface area contributed by atoms with Gasteiger partial charge in [0.2, 0.25) is 0 Å². The molecule has 18 heavy (non-hydrogen) atoms. The normalized spacial score (nSPS) is 18.1. The number of aromatic nitrogens is 2. The number of aryl methyl sites for hydroxylation is 1. The Morgan fingerprint density at radius 3 is 2.78 bits per heavy atom. The van der Waals surface area contributed by atoms with Crippen molar-refractivity contribution in [2.75, 3.05) is 6.61 Å². The monoisotopic (exact) mass is 246 g/mol. The molecule has 0 atom stereocenters. The van der Waals surface area contributed by atoms with E-state index in [1.807, 2.05) is 13.0 Å². The maximum Gasteiger partial charge on any atom is 0.317 e. The standard InChI is InChI=1S/C13H18N4O/c1-10-7-11(8-14)17-12(16-10)18-9-13(15)5-3-2-4-6-13/h7H,2-6,9,15H2,1H3. The van der Waals surface area contributed by atoms with Gasteiger partial charge in [0.05, 0.1) is 5.54 Å². The predicted molar refractivity (Wildman–Crippen MR) is 67.0 cm³/mol. The fraction of sp³-hybridized carbons (Fsp3) is 0.615. The van der Waals surface area contributed by atoms with Crippen molar-refractivity contribution in [2.24, 2.45) is 5.73 Å². The average Bonchev–Trinajstić information content (AvgIpc) is 2.37. The molecule has 0 aliphatic heterocycles. The summed E-state index contributed by atoms with van der Waals surface area (Å²) in [6.45, 7) is 2.23. The number of nitriles is 1. The van der Waals surface area contributed by atoms with Gasteiger partial charge in [0.15, 0.2) is 0 Å². The number of hydrogen-bond acceptors (Lipinski definition) is 5. The van der Waals surface area contributed by atoms with Crippen LogP contribution in [0.4, 0.5) is 0 Å². The van der Waals surface area contributed by atoms with Crippen molar-refractivity contribution in [3.63, 3.8) is 0 Å². The average molecular weight is 246 g/mol. The maximum absolute atomic E-state index is 8.83. The molecule has 5 heteroatoms. The van der Waals surface area contributed by atoms with E-state index < -0.39 is 0 Å². The molecular formula is C13H18N4O. The molecule has 2 rings (SSSR count). The molecule has 1 aliphatic carbocycles. The van der Waals surface area contributed by atoms with Gasteiger partial charge in [-0.15, -0.1) is 0 Å². The summed E-state index contributed by atoms with van der Waals surface area (Å²) in [6, 6.07) is 3.88. The molecule has 0 unspecified atom stereocenters. The molecule has 0 radical (unpaired) electrons. The second-order valence-electron chi connectivity index (χ2n) is 5.00. The van der Waals surface area contributed by atoms with Crippen molar-refractivity contribution >= 4 is 0 Å². The highest BCUT2D eigenvalue weighted by Crippen LogP contribution is 2.26. The predicted octanol–water partition coefficient (Wildman–Crippen LogP) is 1.70. The van der Waals surface area contributed by atoms with Crippen LogP contribution in [0.5, 0.6) is 6.01 Å². The zero-order valence-electron chi connectivity index (χ0n) is 10.6. The molecule has 1 aromatic rings. The molecule has 1 aromatic heterocycles. The summed E-state index contributed by atoms with van der Waals surface area (Å²) in [5, 5.41) is 8.83. The van der Waals surface area contributed by atoms with E-state index in [0.717, 1.165) is 31.4 Å². The third-order valence-corrected chi connectivity index (χ3v) is 3.29. The molecule has 2 N–H and O–H groups in total. The van der Waals surface area contributed by atoms with E-state index in [2.05, 4.69) is 9.97 Å². The number of hydrogen-bond donors (Lipinski definition) is 1. The summed E-state index contributed by atoms with van der Waals surface area (Å²) in [7, 11) is 0. The number of ether oxygens (including phenoxy) is 1. The number of nitrogens with two attached hydrogens (primary N) is 1. The Kier molecular flexibility index (Phi) is 3.78. The van der Waals surface area contributed by atoms with Crippen LogP contribution in [0.25, 0.3) is 0 Å². The number of rotatable bonds is 3. The van der Waals surface area contributed by atoms with Gasteiger partial charge in [0, 0.05) is 5.69 Å². The first-order chi connectivity index (χ1) is 8.61. The maximum atomic E-state index is 8.83. The minimum atomic E-state index is -0.266. The van der Waals surface area contributed by atoms with E-state index in [-0.39, 0.29) is 11.5 Å². The molecule has 1 saturated carbocycles. The van der Waals surface area contributed by atoms with Gasteiger partial charge in [0.1, 0.15) is 18.4 Å². The zero-order valence-corrected chi connectivity index (χ0v) is 10.6. The van der Waals surface area contributed by atoms with Crippen LogP contribution < -0.4 is 10.5 Å². The third kappa shape index (κ3) is 3.17. The minimum absolute atomic E-state index is 0.252. The largest absolute Gasteiger partial charge is 0.461 e. The van der Waals surface area contributed by atoms with Crippen LogP contribution in [0.15, 0.2) is 6.07 Å². The molecular weight excluding hydrogens is 228 g/mol. The summed E-state index contributed by atoms with van der Waals surface area (Å²) in [6.07, 6.45) is 5.50. The van der Waals surface area contributed by atoms with Crippen LogP contribution >= 0.6 is 0 Å². The molecule has 0 amide bonds. The van der Waals surface area contributed by atoms with Crippen LogP contribution in [-0.2, 0) is 0 Å². The molecule has 1 heterocycles. The topological polar surface area (TPSA) is 84.8 Å². The van der Waals surface area contributed by atoms with Gasteiger partial charge in [-0.1, -0.05) is 19.3 Å². The summed E-state index contributed by atoms with van der Waals surface area (Å²) in [5.41, 5.74) is 7.06. The van der Waals surface area contributed by atoms with Crippen molar-refractivity contribution in [3.8, 4) is 12.1 Å². The molecule has 1 aliphatic rings. The molecule has 0 bridgehead atoms. The summed E-state index contributed by atoms with van der Waals surface area (Å²) in [4.78, 5) is 8.17. The highest BCUT2D eigenvalue weighted by Gasteiger charge is 2.28. The quantitative estimate of drug-likeness (QED) is 0.877.